The van der Waals surface area contributed by atoms with Crippen LogP contribution in [0.4, 0.5) is 5.13 Å². The van der Waals surface area contributed by atoms with Gasteiger partial charge in [0.05, 0.1) is 11.3 Å². The number of oxime groups is 1. The first-order valence-corrected chi connectivity index (χ1v) is 17.9. The molecule has 0 unspecified atom stereocenters. The number of pyridine rings is 1. The molecule has 4 aromatic rings. The number of phenols is 2. The standard InChI is InChI=1S/C36H32N6O9S2/c1-36(2,34(49)50)51-39-28(30-38-35(37)53-40-30)27(45)16-24-31(46)42-29(33(47)48)23(18-52-32(24)42)8-7-19-3-5-20(6-4-19)17-41-13-11-21(12-14-41)22-9-10-25(43)26(44)15-22/h3-15,24,32H,16-18H2,1-2H3,(H5,37,38,40,44,47,48,49,50)/p+1/b8-7+,39-28+/t24-,32-/m1/s1. The van der Waals surface area contributed by atoms with E-state index in [0.717, 1.165) is 33.8 Å². The van der Waals surface area contributed by atoms with E-state index in [1.807, 2.05) is 53.4 Å². The van der Waals surface area contributed by atoms with Gasteiger partial charge in [-0.1, -0.05) is 47.6 Å². The lowest BCUT2D eigenvalue weighted by Crippen LogP contribution is -2.62. The molecule has 1 amide bonds. The zero-order chi connectivity index (χ0) is 38.0. The van der Waals surface area contributed by atoms with E-state index in [9.17, 15) is 39.6 Å². The minimum atomic E-state index is -1.78. The van der Waals surface area contributed by atoms with Crippen LogP contribution in [0.5, 0.6) is 11.5 Å². The number of nitrogens with two attached hydrogens (primary N) is 1. The summed E-state index contributed by atoms with van der Waals surface area (Å²) < 4.78 is 5.98. The van der Waals surface area contributed by atoms with Crippen molar-refractivity contribution in [2.75, 3.05) is 11.5 Å². The Kier molecular flexibility index (Phi) is 10.3. The van der Waals surface area contributed by atoms with Crippen LogP contribution < -0.4 is 10.3 Å². The Morgan fingerprint density at radius 1 is 1.04 bits per heavy atom. The number of rotatable bonds is 13. The quantitative estimate of drug-likeness (QED) is 0.0432. The van der Waals surface area contributed by atoms with Gasteiger partial charge in [0, 0.05) is 41.4 Å². The molecule has 0 spiro atoms. The van der Waals surface area contributed by atoms with E-state index in [0.29, 0.717) is 12.1 Å². The molecule has 2 atom stereocenters. The number of fused-ring (bicyclic) bond motifs is 1. The average Bonchev–Trinajstić information content (AvgIpc) is 3.56. The third-order valence-corrected chi connectivity index (χ3v) is 10.4. The molecule has 1 fully saturated rings. The number of Topliss-reactive ketones (excluding diaryl/α,β-unsaturated/α-hetero) is 1. The van der Waals surface area contributed by atoms with Crippen LogP contribution in [-0.4, -0.2) is 80.8 Å². The Hall–Kier alpha value is -6.07. The maximum absolute atomic E-state index is 13.4. The lowest BCUT2D eigenvalue weighted by atomic mass is 9.89. The van der Waals surface area contributed by atoms with Gasteiger partial charge in [0.15, 0.2) is 47.1 Å². The molecule has 15 nitrogen and oxygen atoms in total. The topological polar surface area (TPSA) is 230 Å². The molecule has 0 radical (unpaired) electrons. The van der Waals surface area contributed by atoms with Crippen molar-refractivity contribution in [2.45, 2.75) is 37.8 Å². The highest BCUT2D eigenvalue weighted by atomic mass is 32.2. The first-order valence-electron chi connectivity index (χ1n) is 16.0. The molecule has 17 heteroatoms. The Morgan fingerprint density at radius 2 is 1.75 bits per heavy atom. The van der Waals surface area contributed by atoms with Gasteiger partial charge >= 0.3 is 11.9 Å². The number of carbonyl (C=O) groups is 4. The van der Waals surface area contributed by atoms with Gasteiger partial charge in [-0.15, -0.1) is 11.8 Å². The maximum atomic E-state index is 13.4. The zero-order valence-corrected chi connectivity index (χ0v) is 29.9. The van der Waals surface area contributed by atoms with E-state index in [-0.39, 0.29) is 40.3 Å². The number of phenolic OH excluding ortho intramolecular Hbond substituents is 2. The molecule has 2 aliphatic rings. The molecule has 2 aromatic heterocycles. The number of carboxylic acids is 2. The molecule has 4 heterocycles. The summed E-state index contributed by atoms with van der Waals surface area (Å²) in [5.41, 5.74) is 7.27. The fraction of sp³-hybridized carbons (Fsp3) is 0.222. The van der Waals surface area contributed by atoms with Crippen LogP contribution in [0.1, 0.15) is 37.2 Å². The van der Waals surface area contributed by atoms with Gasteiger partial charge in [0.25, 0.3) is 0 Å². The second-order valence-electron chi connectivity index (χ2n) is 12.7. The minimum absolute atomic E-state index is 0.0382. The summed E-state index contributed by atoms with van der Waals surface area (Å²) >= 11 is 2.12. The Morgan fingerprint density at radius 3 is 2.38 bits per heavy atom. The summed E-state index contributed by atoms with van der Waals surface area (Å²) in [5.74, 6) is -4.98. The van der Waals surface area contributed by atoms with Crippen molar-refractivity contribution in [3.8, 4) is 22.6 Å². The number of aromatic hydroxyl groups is 2. The van der Waals surface area contributed by atoms with Crippen LogP contribution in [0.15, 0.2) is 89.5 Å². The van der Waals surface area contributed by atoms with Crippen molar-refractivity contribution >= 4 is 63.8 Å². The molecule has 6 N–H and O–H groups in total. The number of β-lactam (4-membered cyclic amide) rings is 1. The van der Waals surface area contributed by atoms with Gasteiger partial charge in [0.2, 0.25) is 17.3 Å². The SMILES string of the molecule is CC(C)(O/N=C(\C(=O)C[C@@H]1C(=O)N2C(C(=O)O)=C(/C=C/c3ccc(C[n+]4ccc(-c5ccc(O)c(O)c5)cc4)cc3)CS[C@H]12)c1nsc(N)n1)C(=O)O. The summed E-state index contributed by atoms with van der Waals surface area (Å²) in [7, 11) is 0. The van der Waals surface area contributed by atoms with Crippen molar-refractivity contribution in [2.24, 2.45) is 11.1 Å². The summed E-state index contributed by atoms with van der Waals surface area (Å²) in [6.45, 7) is 3.08. The number of hydrogen-bond donors (Lipinski definition) is 5. The zero-order valence-electron chi connectivity index (χ0n) is 28.2. The number of benzene rings is 2. The largest absolute Gasteiger partial charge is 0.504 e. The molecule has 272 valence electrons. The number of hydrogen-bond acceptors (Lipinski definition) is 13. The minimum Gasteiger partial charge on any atom is -0.504 e. The lowest BCUT2D eigenvalue weighted by Gasteiger charge is -2.49. The van der Waals surface area contributed by atoms with Crippen molar-refractivity contribution in [1.29, 1.82) is 0 Å². The first kappa shape index (κ1) is 36.7. The van der Waals surface area contributed by atoms with Gasteiger partial charge in [-0.3, -0.25) is 14.5 Å². The van der Waals surface area contributed by atoms with Crippen LogP contribution in [0.25, 0.3) is 17.2 Å². The van der Waals surface area contributed by atoms with Gasteiger partial charge in [0.1, 0.15) is 5.70 Å². The highest BCUT2D eigenvalue weighted by Gasteiger charge is 2.54. The molecule has 0 saturated carbocycles. The second-order valence-corrected chi connectivity index (χ2v) is 14.6. The monoisotopic (exact) mass is 757 g/mol. The number of carbonyl (C=O) groups excluding carboxylic acids is 2. The highest BCUT2D eigenvalue weighted by Crippen LogP contribution is 2.45. The summed E-state index contributed by atoms with van der Waals surface area (Å²) in [4.78, 5) is 61.0. The van der Waals surface area contributed by atoms with E-state index in [4.69, 9.17) is 10.6 Å². The second kappa shape index (κ2) is 14.9. The van der Waals surface area contributed by atoms with E-state index in [1.165, 1.54) is 42.6 Å². The van der Waals surface area contributed by atoms with Crippen LogP contribution in [0, 0.1) is 5.92 Å². The summed E-state index contributed by atoms with van der Waals surface area (Å²) in [6, 6.07) is 16.2. The normalized spacial score (nSPS) is 17.4. The Labute approximate surface area is 310 Å². The first-order chi connectivity index (χ1) is 25.2. The number of nitrogen functional groups attached to an aromatic ring is 1. The highest BCUT2D eigenvalue weighted by molar-refractivity contribution is 8.00. The number of nitrogens with zero attached hydrogens (tertiary/aromatic N) is 5. The fourth-order valence-electron chi connectivity index (χ4n) is 5.55. The van der Waals surface area contributed by atoms with E-state index in [1.54, 1.807) is 18.2 Å². The number of ketones is 1. The Bertz CT molecular complexity index is 2200. The number of thioether (sulfide) groups is 1. The van der Waals surface area contributed by atoms with E-state index >= 15 is 0 Å². The molecule has 0 aliphatic carbocycles. The average molecular weight is 758 g/mol. The van der Waals surface area contributed by atoms with Crippen molar-refractivity contribution in [1.82, 2.24) is 14.3 Å². The van der Waals surface area contributed by atoms with E-state index < -0.39 is 46.2 Å². The predicted octanol–water partition coefficient (Wildman–Crippen LogP) is 3.66. The molecule has 6 rings (SSSR count). The van der Waals surface area contributed by atoms with Crippen LogP contribution in [0.2, 0.25) is 0 Å². The summed E-state index contributed by atoms with van der Waals surface area (Å²) in [6.07, 6.45) is 6.91. The van der Waals surface area contributed by atoms with Crippen LogP contribution >= 0.6 is 23.3 Å². The number of carboxylic acid groups (broad SMARTS) is 2. The molecule has 1 saturated heterocycles. The van der Waals surface area contributed by atoms with Gasteiger partial charge < -0.3 is 31.0 Å². The molecule has 2 aliphatic heterocycles. The fourth-order valence-corrected chi connectivity index (χ4v) is 7.37. The van der Waals surface area contributed by atoms with Crippen molar-refractivity contribution < 1.29 is 49.0 Å². The predicted molar refractivity (Wildman–Crippen MR) is 195 cm³/mol. The van der Waals surface area contributed by atoms with Crippen molar-refractivity contribution in [3.63, 3.8) is 0 Å². The molecular weight excluding hydrogens is 725 g/mol. The number of amides is 1. The smallest absolute Gasteiger partial charge is 0.352 e. The lowest BCUT2D eigenvalue weighted by molar-refractivity contribution is -0.688. The van der Waals surface area contributed by atoms with Gasteiger partial charge in [-0.2, -0.15) is 9.36 Å². The Balaban J connectivity index is 1.12. The number of aliphatic carboxylic acids is 2. The number of allylic oxidation sites excluding steroid dienone is 1. The van der Waals surface area contributed by atoms with Crippen LogP contribution in [0.3, 0.4) is 0 Å². The molecular formula is C36H33N6O9S2+. The maximum Gasteiger partial charge on any atom is 0.352 e. The van der Waals surface area contributed by atoms with Crippen molar-refractivity contribution in [3.05, 3.63) is 101 Å². The van der Waals surface area contributed by atoms with Gasteiger partial charge in [-0.05, 0) is 48.2 Å². The van der Waals surface area contributed by atoms with Crippen LogP contribution in [-0.2, 0) is 30.6 Å². The third kappa shape index (κ3) is 7.90. The van der Waals surface area contributed by atoms with E-state index in [2.05, 4.69) is 14.5 Å². The van der Waals surface area contributed by atoms with Gasteiger partial charge in [-0.25, -0.2) is 14.2 Å². The number of aromatic nitrogens is 3. The molecule has 2 aromatic carbocycles. The number of anilines is 1. The summed E-state index contributed by atoms with van der Waals surface area (Å²) in [5, 5.41) is 42.0. The molecule has 53 heavy (non-hydrogen) atoms. The third-order valence-electron chi connectivity index (χ3n) is 8.54. The molecule has 0 bridgehead atoms.